The average Bonchev–Trinajstić information content (AvgIpc) is 2.72. The second kappa shape index (κ2) is 3.62. The zero-order valence-corrected chi connectivity index (χ0v) is 9.09. The van der Waals surface area contributed by atoms with E-state index in [1.54, 1.807) is 17.5 Å². The highest BCUT2D eigenvalue weighted by atomic mass is 32.2. The Balaban J connectivity index is 2.26. The fourth-order valence-electron chi connectivity index (χ4n) is 1.47. The van der Waals surface area contributed by atoms with Crippen molar-refractivity contribution < 1.29 is 13.5 Å². The van der Waals surface area contributed by atoms with Crippen molar-refractivity contribution in [3.8, 4) is 0 Å². The highest BCUT2D eigenvalue weighted by molar-refractivity contribution is 7.91. The van der Waals surface area contributed by atoms with Crippen LogP contribution in [0.5, 0.6) is 0 Å². The molecule has 1 aliphatic rings. The van der Waals surface area contributed by atoms with Gasteiger partial charge in [0.25, 0.3) is 10.0 Å². The first-order chi connectivity index (χ1) is 6.60. The Morgan fingerprint density at radius 3 is 2.86 bits per heavy atom. The summed E-state index contributed by atoms with van der Waals surface area (Å²) in [6, 6.07) is 3.30. The molecule has 1 atom stereocenters. The largest absolute Gasteiger partial charge is 0.392 e. The fourth-order valence-corrected chi connectivity index (χ4v) is 4.10. The third-order valence-corrected chi connectivity index (χ3v) is 5.45. The Bertz CT molecular complexity index is 398. The van der Waals surface area contributed by atoms with Crippen molar-refractivity contribution in [2.75, 3.05) is 13.1 Å². The van der Waals surface area contributed by atoms with Gasteiger partial charge in [0.1, 0.15) is 4.21 Å². The Kier molecular flexibility index (Phi) is 2.61. The molecule has 1 fully saturated rings. The van der Waals surface area contributed by atoms with Gasteiger partial charge in [0.05, 0.1) is 6.10 Å². The molecule has 1 unspecified atom stereocenters. The Morgan fingerprint density at radius 2 is 2.36 bits per heavy atom. The van der Waals surface area contributed by atoms with Gasteiger partial charge in [-0.05, 0) is 17.9 Å². The summed E-state index contributed by atoms with van der Waals surface area (Å²) >= 11 is 1.21. The van der Waals surface area contributed by atoms with Gasteiger partial charge < -0.3 is 5.11 Å². The SMILES string of the molecule is O=S(=O)(c1cccs1)N1CCC(O)C1. The second-order valence-electron chi connectivity index (χ2n) is 3.24. The summed E-state index contributed by atoms with van der Waals surface area (Å²) in [5.41, 5.74) is 0. The van der Waals surface area contributed by atoms with Crippen LogP contribution in [0.25, 0.3) is 0 Å². The topological polar surface area (TPSA) is 57.6 Å². The van der Waals surface area contributed by atoms with Crippen LogP contribution < -0.4 is 0 Å². The van der Waals surface area contributed by atoms with Crippen LogP contribution in [0.3, 0.4) is 0 Å². The van der Waals surface area contributed by atoms with E-state index in [-0.39, 0.29) is 6.54 Å². The van der Waals surface area contributed by atoms with Gasteiger partial charge >= 0.3 is 0 Å². The number of aliphatic hydroxyl groups is 1. The third kappa shape index (κ3) is 1.70. The van der Waals surface area contributed by atoms with E-state index >= 15 is 0 Å². The van der Waals surface area contributed by atoms with Crippen molar-refractivity contribution in [1.82, 2.24) is 4.31 Å². The van der Waals surface area contributed by atoms with Crippen LogP contribution in [0.4, 0.5) is 0 Å². The van der Waals surface area contributed by atoms with Gasteiger partial charge in [-0.2, -0.15) is 4.31 Å². The molecule has 0 amide bonds. The molecule has 0 aromatic carbocycles. The van der Waals surface area contributed by atoms with Gasteiger partial charge in [0.15, 0.2) is 0 Å². The molecular formula is C8H11NO3S2. The third-order valence-electron chi connectivity index (χ3n) is 2.22. The van der Waals surface area contributed by atoms with E-state index in [2.05, 4.69) is 0 Å². The number of nitrogens with zero attached hydrogens (tertiary/aromatic N) is 1. The summed E-state index contributed by atoms with van der Waals surface area (Å²) in [5, 5.41) is 11.0. The summed E-state index contributed by atoms with van der Waals surface area (Å²) in [4.78, 5) is 0. The van der Waals surface area contributed by atoms with Crippen molar-refractivity contribution in [2.45, 2.75) is 16.7 Å². The predicted octanol–water partition coefficient (Wildman–Crippen LogP) is 0.503. The highest BCUT2D eigenvalue weighted by Gasteiger charge is 2.31. The van der Waals surface area contributed by atoms with Crippen molar-refractivity contribution in [3.05, 3.63) is 17.5 Å². The maximum Gasteiger partial charge on any atom is 0.252 e. The van der Waals surface area contributed by atoms with Crippen LogP contribution in [0.15, 0.2) is 21.7 Å². The van der Waals surface area contributed by atoms with Crippen LogP contribution in [0.2, 0.25) is 0 Å². The second-order valence-corrected chi connectivity index (χ2v) is 6.35. The first-order valence-electron chi connectivity index (χ1n) is 4.32. The van der Waals surface area contributed by atoms with E-state index < -0.39 is 16.1 Å². The quantitative estimate of drug-likeness (QED) is 0.809. The summed E-state index contributed by atoms with van der Waals surface area (Å²) in [7, 11) is -3.34. The minimum atomic E-state index is -3.34. The number of aliphatic hydroxyl groups excluding tert-OH is 1. The maximum atomic E-state index is 11.9. The van der Waals surface area contributed by atoms with Crippen LogP contribution in [-0.2, 0) is 10.0 Å². The van der Waals surface area contributed by atoms with Gasteiger partial charge in [-0.15, -0.1) is 11.3 Å². The predicted molar refractivity (Wildman–Crippen MR) is 53.7 cm³/mol. The van der Waals surface area contributed by atoms with Crippen LogP contribution in [-0.4, -0.2) is 37.0 Å². The zero-order valence-electron chi connectivity index (χ0n) is 7.46. The van der Waals surface area contributed by atoms with Crippen molar-refractivity contribution >= 4 is 21.4 Å². The standard InChI is InChI=1S/C8H11NO3S2/c10-7-3-4-9(6-7)14(11,12)8-2-1-5-13-8/h1-2,5,7,10H,3-4,6H2. The minimum Gasteiger partial charge on any atom is -0.392 e. The van der Waals surface area contributed by atoms with Crippen molar-refractivity contribution in [3.63, 3.8) is 0 Å². The Morgan fingerprint density at radius 1 is 1.57 bits per heavy atom. The summed E-state index contributed by atoms with van der Waals surface area (Å²) < 4.78 is 25.4. The van der Waals surface area contributed by atoms with E-state index in [4.69, 9.17) is 0 Å². The molecule has 1 saturated heterocycles. The first kappa shape index (κ1) is 10.1. The molecular weight excluding hydrogens is 222 g/mol. The van der Waals surface area contributed by atoms with E-state index in [0.29, 0.717) is 17.2 Å². The van der Waals surface area contributed by atoms with E-state index in [9.17, 15) is 13.5 Å². The first-order valence-corrected chi connectivity index (χ1v) is 6.64. The van der Waals surface area contributed by atoms with Crippen LogP contribution in [0, 0.1) is 0 Å². The molecule has 78 valence electrons. The molecule has 2 rings (SSSR count). The molecule has 0 saturated carbocycles. The molecule has 0 radical (unpaired) electrons. The van der Waals surface area contributed by atoms with E-state index in [1.807, 2.05) is 0 Å². The lowest BCUT2D eigenvalue weighted by Crippen LogP contribution is -2.29. The Labute approximate surface area is 86.8 Å². The molecule has 0 bridgehead atoms. The minimum absolute atomic E-state index is 0.222. The maximum absolute atomic E-state index is 11.9. The number of rotatable bonds is 2. The molecule has 1 aromatic heterocycles. The number of hydrogen-bond acceptors (Lipinski definition) is 4. The molecule has 0 aliphatic carbocycles. The lowest BCUT2D eigenvalue weighted by Gasteiger charge is -2.13. The average molecular weight is 233 g/mol. The van der Waals surface area contributed by atoms with Crippen molar-refractivity contribution in [2.24, 2.45) is 0 Å². The molecule has 4 nitrogen and oxygen atoms in total. The molecule has 2 heterocycles. The fraction of sp³-hybridized carbons (Fsp3) is 0.500. The highest BCUT2D eigenvalue weighted by Crippen LogP contribution is 2.24. The Hall–Kier alpha value is -0.430. The van der Waals surface area contributed by atoms with Gasteiger partial charge in [0.2, 0.25) is 0 Å². The molecule has 0 spiro atoms. The van der Waals surface area contributed by atoms with Gasteiger partial charge in [-0.1, -0.05) is 6.07 Å². The monoisotopic (exact) mass is 233 g/mol. The number of β-amino-alcohol motifs (C(OH)–C–C–N with tert-alkyl or cyclic N) is 1. The summed E-state index contributed by atoms with van der Waals surface area (Å²) in [6.45, 7) is 0.641. The molecule has 14 heavy (non-hydrogen) atoms. The lowest BCUT2D eigenvalue weighted by atomic mass is 10.3. The normalized spacial score (nSPS) is 24.2. The summed E-state index contributed by atoms with van der Waals surface area (Å²) in [6.07, 6.45) is 0.0228. The number of hydrogen-bond donors (Lipinski definition) is 1. The van der Waals surface area contributed by atoms with Crippen LogP contribution in [0.1, 0.15) is 6.42 Å². The van der Waals surface area contributed by atoms with Crippen LogP contribution >= 0.6 is 11.3 Å². The molecule has 6 heteroatoms. The summed E-state index contributed by atoms with van der Waals surface area (Å²) in [5.74, 6) is 0. The van der Waals surface area contributed by atoms with E-state index in [1.165, 1.54) is 15.6 Å². The van der Waals surface area contributed by atoms with E-state index in [0.717, 1.165) is 0 Å². The van der Waals surface area contributed by atoms with Crippen molar-refractivity contribution in [1.29, 1.82) is 0 Å². The smallest absolute Gasteiger partial charge is 0.252 e. The number of thiophene rings is 1. The van der Waals surface area contributed by atoms with Gasteiger partial charge in [-0.25, -0.2) is 8.42 Å². The van der Waals surface area contributed by atoms with Gasteiger partial charge in [-0.3, -0.25) is 0 Å². The zero-order chi connectivity index (χ0) is 10.2. The molecule has 1 aromatic rings. The molecule has 1 N–H and O–H groups in total. The van der Waals surface area contributed by atoms with Gasteiger partial charge in [0, 0.05) is 13.1 Å². The lowest BCUT2D eigenvalue weighted by molar-refractivity contribution is 0.189. The number of sulfonamides is 1. The molecule has 1 aliphatic heterocycles.